The molecular weight excluding hydrogens is 359 g/mol. The molecule has 1 unspecified atom stereocenters. The first-order chi connectivity index (χ1) is 11.3. The number of aromatic nitrogens is 4. The summed E-state index contributed by atoms with van der Waals surface area (Å²) in [5.41, 5.74) is 2.95. The van der Waals surface area contributed by atoms with Gasteiger partial charge in [0.1, 0.15) is 11.6 Å². The minimum absolute atomic E-state index is 0. The largest absolute Gasteiger partial charge is 0.483 e. The van der Waals surface area contributed by atoms with Gasteiger partial charge in [0.05, 0.1) is 17.4 Å². The number of nitrogens with zero attached hydrogens (tertiary/aromatic N) is 3. The van der Waals surface area contributed by atoms with E-state index < -0.39 is 0 Å². The number of halogens is 2. The molecule has 0 fully saturated rings. The van der Waals surface area contributed by atoms with E-state index in [0.717, 1.165) is 28.3 Å². The van der Waals surface area contributed by atoms with Crippen molar-refractivity contribution in [3.63, 3.8) is 0 Å². The molecular formula is C18H18Cl2N4O. The summed E-state index contributed by atoms with van der Waals surface area (Å²) in [6.07, 6.45) is 5.30. The third-order valence-electron chi connectivity index (χ3n) is 3.73. The van der Waals surface area contributed by atoms with Crippen molar-refractivity contribution < 1.29 is 4.74 Å². The van der Waals surface area contributed by atoms with Gasteiger partial charge in [-0.2, -0.15) is 0 Å². The van der Waals surface area contributed by atoms with Gasteiger partial charge in [0.15, 0.2) is 6.10 Å². The van der Waals surface area contributed by atoms with Gasteiger partial charge in [-0.15, -0.1) is 24.8 Å². The Labute approximate surface area is 157 Å². The number of imidazole rings is 2. The number of ether oxygens (including phenoxy) is 1. The molecule has 2 heterocycles. The van der Waals surface area contributed by atoms with Crippen molar-refractivity contribution in [3.8, 4) is 11.4 Å². The van der Waals surface area contributed by atoms with Crippen molar-refractivity contribution in [2.24, 2.45) is 0 Å². The SMILES string of the molecule is CC(Oc1ccccc1)c1nc2ccc(-n3ccnc3)cc2[nH]1.Cl.Cl. The Morgan fingerprint density at radius 3 is 2.60 bits per heavy atom. The number of hydrogen-bond acceptors (Lipinski definition) is 3. The second-order valence-corrected chi connectivity index (χ2v) is 5.37. The number of aromatic amines is 1. The first-order valence-electron chi connectivity index (χ1n) is 7.49. The Morgan fingerprint density at radius 2 is 1.88 bits per heavy atom. The van der Waals surface area contributed by atoms with Gasteiger partial charge >= 0.3 is 0 Å². The molecule has 2 aromatic carbocycles. The molecule has 1 N–H and O–H groups in total. The van der Waals surface area contributed by atoms with Crippen LogP contribution in [0.5, 0.6) is 5.75 Å². The van der Waals surface area contributed by atoms with Crippen LogP contribution in [0.2, 0.25) is 0 Å². The van der Waals surface area contributed by atoms with Gasteiger partial charge in [0, 0.05) is 18.1 Å². The fraction of sp³-hybridized carbons (Fsp3) is 0.111. The van der Waals surface area contributed by atoms with Crippen molar-refractivity contribution in [2.75, 3.05) is 0 Å². The van der Waals surface area contributed by atoms with E-state index in [2.05, 4.69) is 21.0 Å². The zero-order chi connectivity index (χ0) is 15.6. The van der Waals surface area contributed by atoms with Crippen LogP contribution >= 0.6 is 24.8 Å². The summed E-state index contributed by atoms with van der Waals surface area (Å²) < 4.78 is 7.89. The van der Waals surface area contributed by atoms with Gasteiger partial charge in [-0.1, -0.05) is 18.2 Å². The van der Waals surface area contributed by atoms with Gasteiger partial charge in [-0.25, -0.2) is 9.97 Å². The van der Waals surface area contributed by atoms with Crippen molar-refractivity contribution in [3.05, 3.63) is 73.1 Å². The molecule has 2 aromatic heterocycles. The van der Waals surface area contributed by atoms with Gasteiger partial charge < -0.3 is 14.3 Å². The molecule has 0 saturated carbocycles. The van der Waals surface area contributed by atoms with Crippen LogP contribution < -0.4 is 4.74 Å². The smallest absolute Gasteiger partial charge is 0.153 e. The number of benzene rings is 2. The maximum absolute atomic E-state index is 5.92. The quantitative estimate of drug-likeness (QED) is 0.559. The lowest BCUT2D eigenvalue weighted by Gasteiger charge is -2.11. The van der Waals surface area contributed by atoms with Crippen molar-refractivity contribution in [1.82, 2.24) is 19.5 Å². The number of nitrogens with one attached hydrogen (secondary N) is 1. The molecule has 0 aliphatic heterocycles. The summed E-state index contributed by atoms with van der Waals surface area (Å²) in [7, 11) is 0. The number of hydrogen-bond donors (Lipinski definition) is 1. The molecule has 1 atom stereocenters. The van der Waals surface area contributed by atoms with E-state index in [9.17, 15) is 0 Å². The van der Waals surface area contributed by atoms with Gasteiger partial charge in [-0.05, 0) is 37.3 Å². The van der Waals surface area contributed by atoms with Gasteiger partial charge in [-0.3, -0.25) is 0 Å². The molecule has 25 heavy (non-hydrogen) atoms. The first-order valence-corrected chi connectivity index (χ1v) is 7.49. The number of H-pyrrole nitrogens is 1. The Balaban J connectivity index is 0.00000113. The van der Waals surface area contributed by atoms with Crippen LogP contribution in [0, 0.1) is 0 Å². The fourth-order valence-corrected chi connectivity index (χ4v) is 2.54. The molecule has 4 rings (SSSR count). The second-order valence-electron chi connectivity index (χ2n) is 5.37. The lowest BCUT2D eigenvalue weighted by molar-refractivity contribution is 0.218. The summed E-state index contributed by atoms with van der Waals surface area (Å²) in [5, 5.41) is 0. The van der Waals surface area contributed by atoms with Crippen LogP contribution in [-0.4, -0.2) is 19.5 Å². The summed E-state index contributed by atoms with van der Waals surface area (Å²) in [6, 6.07) is 15.8. The predicted octanol–water partition coefficient (Wildman–Crippen LogP) is 4.73. The average molecular weight is 377 g/mol. The van der Waals surface area contributed by atoms with E-state index in [1.807, 2.05) is 60.2 Å². The van der Waals surface area contributed by atoms with Crippen LogP contribution in [0.25, 0.3) is 16.7 Å². The Kier molecular flexibility index (Phi) is 6.07. The van der Waals surface area contributed by atoms with Crippen molar-refractivity contribution in [2.45, 2.75) is 13.0 Å². The predicted molar refractivity (Wildman–Crippen MR) is 103 cm³/mol. The van der Waals surface area contributed by atoms with Crippen LogP contribution in [0.15, 0.2) is 67.3 Å². The van der Waals surface area contributed by atoms with Crippen LogP contribution in [0.4, 0.5) is 0 Å². The number of fused-ring (bicyclic) bond motifs is 1. The molecule has 0 amide bonds. The normalized spacial score (nSPS) is 11.4. The molecule has 4 aromatic rings. The summed E-state index contributed by atoms with van der Waals surface area (Å²) in [4.78, 5) is 12.0. The molecule has 0 saturated heterocycles. The van der Waals surface area contributed by atoms with Gasteiger partial charge in [0.2, 0.25) is 0 Å². The van der Waals surface area contributed by atoms with Crippen molar-refractivity contribution >= 4 is 35.8 Å². The zero-order valence-electron chi connectivity index (χ0n) is 13.5. The molecule has 7 heteroatoms. The summed E-state index contributed by atoms with van der Waals surface area (Å²) >= 11 is 0. The molecule has 0 bridgehead atoms. The Hall–Kier alpha value is -2.50. The average Bonchev–Trinajstić information content (AvgIpc) is 3.24. The highest BCUT2D eigenvalue weighted by Crippen LogP contribution is 2.23. The lowest BCUT2D eigenvalue weighted by Crippen LogP contribution is -2.04. The van der Waals surface area contributed by atoms with E-state index in [-0.39, 0.29) is 30.9 Å². The van der Waals surface area contributed by atoms with Crippen LogP contribution in [0.1, 0.15) is 18.9 Å². The number of rotatable bonds is 4. The Bertz CT molecular complexity index is 923. The maximum atomic E-state index is 5.92. The topological polar surface area (TPSA) is 55.7 Å². The fourth-order valence-electron chi connectivity index (χ4n) is 2.54. The standard InChI is InChI=1S/C18H16N4O.2ClH/c1-13(23-15-5-3-2-4-6-15)18-20-16-8-7-14(11-17(16)21-18)22-10-9-19-12-22;;/h2-13H,1H3,(H,20,21);2*1H. The molecule has 0 spiro atoms. The third kappa shape index (κ3) is 3.95. The summed E-state index contributed by atoms with van der Waals surface area (Å²) in [6.45, 7) is 1.99. The maximum Gasteiger partial charge on any atom is 0.153 e. The third-order valence-corrected chi connectivity index (χ3v) is 3.73. The minimum Gasteiger partial charge on any atom is -0.483 e. The summed E-state index contributed by atoms with van der Waals surface area (Å²) in [5.74, 6) is 1.64. The monoisotopic (exact) mass is 376 g/mol. The Morgan fingerprint density at radius 1 is 1.08 bits per heavy atom. The lowest BCUT2D eigenvalue weighted by atomic mass is 10.3. The highest BCUT2D eigenvalue weighted by atomic mass is 35.5. The molecule has 130 valence electrons. The van der Waals surface area contributed by atoms with E-state index >= 15 is 0 Å². The van der Waals surface area contributed by atoms with E-state index in [1.54, 1.807) is 12.5 Å². The molecule has 5 nitrogen and oxygen atoms in total. The zero-order valence-corrected chi connectivity index (χ0v) is 15.1. The van der Waals surface area contributed by atoms with E-state index in [1.165, 1.54) is 0 Å². The number of para-hydroxylation sites is 1. The second kappa shape index (κ2) is 8.05. The molecule has 0 radical (unpaired) electrons. The van der Waals surface area contributed by atoms with Gasteiger partial charge in [0.25, 0.3) is 0 Å². The molecule has 0 aliphatic carbocycles. The van der Waals surface area contributed by atoms with Crippen molar-refractivity contribution in [1.29, 1.82) is 0 Å². The van der Waals surface area contributed by atoms with Crippen LogP contribution in [0.3, 0.4) is 0 Å². The highest BCUT2D eigenvalue weighted by molar-refractivity contribution is 5.85. The van der Waals surface area contributed by atoms with Crippen LogP contribution in [-0.2, 0) is 0 Å². The van der Waals surface area contributed by atoms with E-state index in [0.29, 0.717) is 0 Å². The highest BCUT2D eigenvalue weighted by Gasteiger charge is 2.13. The minimum atomic E-state index is -0.151. The van der Waals surface area contributed by atoms with E-state index in [4.69, 9.17) is 4.74 Å². The first kappa shape index (κ1) is 18.8. The molecule has 0 aliphatic rings.